The highest BCUT2D eigenvalue weighted by molar-refractivity contribution is 6.35. The van der Waals surface area contributed by atoms with E-state index in [0.717, 1.165) is 37.0 Å². The molecule has 1 aromatic rings. The zero-order chi connectivity index (χ0) is 15.8. The third-order valence-electron chi connectivity index (χ3n) is 3.96. The van der Waals surface area contributed by atoms with Crippen LogP contribution in [0.3, 0.4) is 0 Å². The summed E-state index contributed by atoms with van der Waals surface area (Å²) in [6.45, 7) is 1.82. The Hall–Kier alpha value is -2.04. The molecule has 1 fully saturated rings. The summed E-state index contributed by atoms with van der Waals surface area (Å²) in [7, 11) is 1.63. The second-order valence-corrected chi connectivity index (χ2v) is 5.52. The van der Waals surface area contributed by atoms with E-state index < -0.39 is 11.8 Å². The smallest absolute Gasteiger partial charge is 0.311 e. The molecule has 0 aromatic heterocycles. The molecule has 0 bridgehead atoms. The minimum Gasteiger partial charge on any atom is -0.496 e. The van der Waals surface area contributed by atoms with Gasteiger partial charge in [-0.3, -0.25) is 9.59 Å². The fraction of sp³-hybridized carbons (Fsp3) is 0.529. The van der Waals surface area contributed by atoms with Crippen molar-refractivity contribution >= 4 is 11.8 Å². The molecular weight excluding hydrogens is 280 g/mol. The van der Waals surface area contributed by atoms with Crippen LogP contribution in [0.1, 0.15) is 31.2 Å². The Morgan fingerprint density at radius 3 is 2.50 bits per heavy atom. The Morgan fingerprint density at radius 2 is 1.82 bits per heavy atom. The number of benzene rings is 1. The Balaban J connectivity index is 1.80. The van der Waals surface area contributed by atoms with Crippen LogP contribution in [0.2, 0.25) is 0 Å². The summed E-state index contributed by atoms with van der Waals surface area (Å²) in [6, 6.07) is 7.69. The lowest BCUT2D eigenvalue weighted by Crippen LogP contribution is -2.43. The average molecular weight is 304 g/mol. The van der Waals surface area contributed by atoms with E-state index in [-0.39, 0.29) is 0 Å². The molecule has 120 valence electrons. The zero-order valence-corrected chi connectivity index (χ0v) is 13.1. The van der Waals surface area contributed by atoms with Crippen molar-refractivity contribution in [3.8, 4) is 5.75 Å². The lowest BCUT2D eigenvalue weighted by atomic mass is 10.1. The zero-order valence-electron chi connectivity index (χ0n) is 13.1. The molecule has 2 amide bonds. The van der Waals surface area contributed by atoms with Crippen LogP contribution in [0.4, 0.5) is 0 Å². The average Bonchev–Trinajstić information content (AvgIpc) is 2.83. The molecule has 2 rings (SSSR count). The summed E-state index contributed by atoms with van der Waals surface area (Å²) in [5, 5.41) is 2.71. The molecule has 1 aliphatic heterocycles. The van der Waals surface area contributed by atoms with Crippen LogP contribution in [0, 0.1) is 0 Å². The maximum absolute atomic E-state index is 12.1. The first-order valence-electron chi connectivity index (χ1n) is 7.91. The van der Waals surface area contributed by atoms with Crippen LogP contribution in [-0.2, 0) is 16.0 Å². The SMILES string of the molecule is COc1ccccc1CCNC(=O)C(=O)N1CCCCCC1. The molecular formula is C17H24N2O3. The van der Waals surface area contributed by atoms with Crippen molar-refractivity contribution in [2.75, 3.05) is 26.7 Å². The van der Waals surface area contributed by atoms with Gasteiger partial charge in [0.05, 0.1) is 7.11 Å². The molecule has 1 N–H and O–H groups in total. The van der Waals surface area contributed by atoms with Crippen molar-refractivity contribution in [2.24, 2.45) is 0 Å². The van der Waals surface area contributed by atoms with Gasteiger partial charge in [-0.25, -0.2) is 0 Å². The van der Waals surface area contributed by atoms with Crippen molar-refractivity contribution in [3.05, 3.63) is 29.8 Å². The van der Waals surface area contributed by atoms with Gasteiger partial charge in [0.2, 0.25) is 0 Å². The first-order valence-corrected chi connectivity index (χ1v) is 7.91. The van der Waals surface area contributed by atoms with Gasteiger partial charge < -0.3 is 15.0 Å². The van der Waals surface area contributed by atoms with Crippen molar-refractivity contribution in [1.82, 2.24) is 10.2 Å². The molecule has 0 unspecified atom stereocenters. The topological polar surface area (TPSA) is 58.6 Å². The van der Waals surface area contributed by atoms with Crippen molar-refractivity contribution in [1.29, 1.82) is 0 Å². The number of nitrogens with zero attached hydrogens (tertiary/aromatic N) is 1. The first kappa shape index (κ1) is 16.3. The van der Waals surface area contributed by atoms with Gasteiger partial charge in [0, 0.05) is 19.6 Å². The van der Waals surface area contributed by atoms with Crippen LogP contribution < -0.4 is 10.1 Å². The van der Waals surface area contributed by atoms with Crippen LogP contribution >= 0.6 is 0 Å². The third-order valence-corrected chi connectivity index (χ3v) is 3.96. The molecule has 0 aliphatic carbocycles. The van der Waals surface area contributed by atoms with Crippen LogP contribution in [0.25, 0.3) is 0 Å². The molecule has 0 saturated carbocycles. The number of carbonyl (C=O) groups is 2. The molecule has 5 nitrogen and oxygen atoms in total. The van der Waals surface area contributed by atoms with Crippen molar-refractivity contribution < 1.29 is 14.3 Å². The standard InChI is InChI=1S/C17H24N2O3/c1-22-15-9-5-4-8-14(15)10-11-18-16(20)17(21)19-12-6-2-3-7-13-19/h4-5,8-9H,2-3,6-7,10-13H2,1H3,(H,18,20). The molecule has 1 heterocycles. The van der Waals surface area contributed by atoms with Gasteiger partial charge in [-0.15, -0.1) is 0 Å². The van der Waals surface area contributed by atoms with Crippen molar-refractivity contribution in [3.63, 3.8) is 0 Å². The van der Waals surface area contributed by atoms with Gasteiger partial charge in [-0.1, -0.05) is 31.0 Å². The summed E-state index contributed by atoms with van der Waals surface area (Å²) in [6.07, 6.45) is 4.89. The number of nitrogens with one attached hydrogen (secondary N) is 1. The Kier molecular flexibility index (Phi) is 6.25. The van der Waals surface area contributed by atoms with Gasteiger partial charge in [-0.05, 0) is 30.9 Å². The summed E-state index contributed by atoms with van der Waals surface area (Å²) in [5.74, 6) is -0.102. The number of ether oxygens (including phenoxy) is 1. The minimum absolute atomic E-state index is 0.401. The molecule has 5 heteroatoms. The molecule has 22 heavy (non-hydrogen) atoms. The predicted molar refractivity (Wildman–Crippen MR) is 84.8 cm³/mol. The molecule has 0 atom stereocenters. The normalized spacial score (nSPS) is 15.0. The maximum atomic E-state index is 12.1. The fourth-order valence-electron chi connectivity index (χ4n) is 2.71. The molecule has 1 aromatic carbocycles. The van der Waals surface area contributed by atoms with E-state index in [1.807, 2.05) is 24.3 Å². The van der Waals surface area contributed by atoms with E-state index in [9.17, 15) is 9.59 Å². The van der Waals surface area contributed by atoms with Gasteiger partial charge in [-0.2, -0.15) is 0 Å². The molecule has 0 radical (unpaired) electrons. The second-order valence-electron chi connectivity index (χ2n) is 5.52. The third kappa shape index (κ3) is 4.48. The molecule has 1 aliphatic rings. The fourth-order valence-corrected chi connectivity index (χ4v) is 2.71. The van der Waals surface area contributed by atoms with Gasteiger partial charge in [0.15, 0.2) is 0 Å². The largest absolute Gasteiger partial charge is 0.496 e. The van der Waals surface area contributed by atoms with Gasteiger partial charge in [0.1, 0.15) is 5.75 Å². The molecule has 1 saturated heterocycles. The summed E-state index contributed by atoms with van der Waals surface area (Å²) in [4.78, 5) is 25.7. The van der Waals surface area contributed by atoms with Crippen molar-refractivity contribution in [2.45, 2.75) is 32.1 Å². The number of carbonyl (C=O) groups excluding carboxylic acids is 2. The minimum atomic E-state index is -0.503. The number of rotatable bonds is 4. The van der Waals surface area contributed by atoms with Gasteiger partial charge in [0.25, 0.3) is 0 Å². The molecule has 0 spiro atoms. The van der Waals surface area contributed by atoms with E-state index in [1.165, 1.54) is 0 Å². The lowest BCUT2D eigenvalue weighted by molar-refractivity contribution is -0.145. The summed E-state index contributed by atoms with van der Waals surface area (Å²) in [5.41, 5.74) is 1.02. The first-order chi connectivity index (χ1) is 10.7. The highest BCUT2D eigenvalue weighted by Gasteiger charge is 2.22. The Labute approximate surface area is 131 Å². The number of hydrogen-bond donors (Lipinski definition) is 1. The van der Waals surface area contributed by atoms with E-state index >= 15 is 0 Å². The van der Waals surface area contributed by atoms with E-state index in [1.54, 1.807) is 12.0 Å². The quantitative estimate of drug-likeness (QED) is 0.862. The number of hydrogen-bond acceptors (Lipinski definition) is 3. The number of methoxy groups -OCH3 is 1. The van der Waals surface area contributed by atoms with E-state index in [2.05, 4.69) is 5.32 Å². The van der Waals surface area contributed by atoms with E-state index in [0.29, 0.717) is 26.1 Å². The Morgan fingerprint density at radius 1 is 1.14 bits per heavy atom. The van der Waals surface area contributed by atoms with Crippen LogP contribution in [0.15, 0.2) is 24.3 Å². The number of para-hydroxylation sites is 1. The van der Waals surface area contributed by atoms with Gasteiger partial charge >= 0.3 is 11.8 Å². The van der Waals surface area contributed by atoms with Crippen LogP contribution in [-0.4, -0.2) is 43.5 Å². The highest BCUT2D eigenvalue weighted by atomic mass is 16.5. The lowest BCUT2D eigenvalue weighted by Gasteiger charge is -2.19. The number of likely N-dealkylation sites (tertiary alicyclic amines) is 1. The monoisotopic (exact) mass is 304 g/mol. The highest BCUT2D eigenvalue weighted by Crippen LogP contribution is 2.17. The summed E-state index contributed by atoms with van der Waals surface area (Å²) < 4.78 is 5.27. The number of amides is 2. The Bertz CT molecular complexity index is 508. The second kappa shape index (κ2) is 8.41. The maximum Gasteiger partial charge on any atom is 0.311 e. The summed E-state index contributed by atoms with van der Waals surface area (Å²) >= 11 is 0. The predicted octanol–water partition coefficient (Wildman–Crippen LogP) is 1.76. The van der Waals surface area contributed by atoms with E-state index in [4.69, 9.17) is 4.74 Å². The van der Waals surface area contributed by atoms with Crippen LogP contribution in [0.5, 0.6) is 5.75 Å².